The molecule has 2 aromatic heterocycles. The third-order valence-electron chi connectivity index (χ3n) is 3.31. The number of halogens is 4. The first-order valence-electron chi connectivity index (χ1n) is 5.84. The lowest BCUT2D eigenvalue weighted by Gasteiger charge is -2.09. The van der Waals surface area contributed by atoms with Gasteiger partial charge in [-0.2, -0.15) is 13.2 Å². The van der Waals surface area contributed by atoms with E-state index < -0.39 is 22.9 Å². The number of rotatable bonds is 1. The zero-order valence-corrected chi connectivity index (χ0v) is 11.0. The molecule has 0 radical (unpaired) electrons. The highest BCUT2D eigenvalue weighted by Crippen LogP contribution is 2.30. The summed E-state index contributed by atoms with van der Waals surface area (Å²) in [7, 11) is 0. The fourth-order valence-corrected chi connectivity index (χ4v) is 2.39. The minimum atomic E-state index is -4.63. The van der Waals surface area contributed by atoms with E-state index in [1.807, 2.05) is 0 Å². The molecule has 2 N–H and O–H groups in total. The van der Waals surface area contributed by atoms with Crippen LogP contribution in [0.5, 0.6) is 0 Å². The summed E-state index contributed by atoms with van der Waals surface area (Å²) < 4.78 is 39.2. The van der Waals surface area contributed by atoms with Crippen LogP contribution in [-0.2, 0) is 6.18 Å². The maximum Gasteiger partial charge on any atom is 0.435 e. The first kappa shape index (κ1) is 14.9. The number of hydrogen-bond acceptors (Lipinski definition) is 3. The van der Waals surface area contributed by atoms with Gasteiger partial charge in [0.15, 0.2) is 5.69 Å². The lowest BCUT2D eigenvalue weighted by molar-refractivity contribution is -0.139. The third-order valence-corrected chi connectivity index (χ3v) is 3.31. The number of alkyl halides is 3. The first-order chi connectivity index (χ1) is 8.97. The van der Waals surface area contributed by atoms with Gasteiger partial charge in [0.2, 0.25) is 0 Å². The zero-order valence-electron chi connectivity index (χ0n) is 10.2. The highest BCUT2D eigenvalue weighted by Gasteiger charge is 2.37. The number of H-pyrrole nitrogens is 1. The molecule has 3 heterocycles. The van der Waals surface area contributed by atoms with Crippen LogP contribution in [0.1, 0.15) is 23.7 Å². The second-order valence-electron chi connectivity index (χ2n) is 4.58. The SMILES string of the molecule is Cl.O=c1[nH]c(C2CCNC2)cn2cnc(C(F)(F)F)c12. The van der Waals surface area contributed by atoms with Gasteiger partial charge in [-0.15, -0.1) is 12.4 Å². The highest BCUT2D eigenvalue weighted by molar-refractivity contribution is 5.85. The number of aromatic nitrogens is 3. The molecule has 20 heavy (non-hydrogen) atoms. The molecule has 0 saturated carbocycles. The van der Waals surface area contributed by atoms with Crippen LogP contribution in [0.4, 0.5) is 13.2 Å². The Hall–Kier alpha value is -1.54. The molecular weight excluding hydrogens is 297 g/mol. The molecule has 0 spiro atoms. The average Bonchev–Trinajstić information content (AvgIpc) is 2.96. The number of hydrogen-bond donors (Lipinski definition) is 2. The van der Waals surface area contributed by atoms with Crippen LogP contribution in [0, 0.1) is 0 Å². The summed E-state index contributed by atoms with van der Waals surface area (Å²) in [5.74, 6) is 0.119. The maximum absolute atomic E-state index is 12.7. The van der Waals surface area contributed by atoms with E-state index in [1.54, 1.807) is 0 Å². The van der Waals surface area contributed by atoms with E-state index in [1.165, 1.54) is 6.20 Å². The van der Waals surface area contributed by atoms with Crippen molar-refractivity contribution in [2.24, 2.45) is 0 Å². The monoisotopic (exact) mass is 308 g/mol. The van der Waals surface area contributed by atoms with Crippen molar-refractivity contribution in [2.45, 2.75) is 18.5 Å². The van der Waals surface area contributed by atoms with Crippen molar-refractivity contribution in [2.75, 3.05) is 13.1 Å². The summed E-state index contributed by atoms with van der Waals surface area (Å²) in [5.41, 5.74) is -1.73. The van der Waals surface area contributed by atoms with Crippen LogP contribution in [0.15, 0.2) is 17.3 Å². The molecule has 0 bridgehead atoms. The molecule has 110 valence electrons. The normalized spacial score (nSPS) is 19.2. The van der Waals surface area contributed by atoms with E-state index in [9.17, 15) is 18.0 Å². The summed E-state index contributed by atoms with van der Waals surface area (Å²) in [6, 6.07) is 0. The minimum absolute atomic E-state index is 0. The quantitative estimate of drug-likeness (QED) is 0.840. The Morgan fingerprint density at radius 1 is 1.40 bits per heavy atom. The molecule has 1 aliphatic rings. The van der Waals surface area contributed by atoms with Gasteiger partial charge in [0, 0.05) is 24.4 Å². The number of nitrogens with one attached hydrogen (secondary N) is 2. The largest absolute Gasteiger partial charge is 0.435 e. The van der Waals surface area contributed by atoms with E-state index in [2.05, 4.69) is 15.3 Å². The smallest absolute Gasteiger partial charge is 0.323 e. The van der Waals surface area contributed by atoms with Crippen molar-refractivity contribution in [3.8, 4) is 0 Å². The minimum Gasteiger partial charge on any atom is -0.323 e. The summed E-state index contributed by atoms with van der Waals surface area (Å²) in [6.07, 6.45) is -1.24. The molecule has 5 nitrogen and oxygen atoms in total. The molecule has 0 aromatic carbocycles. The maximum atomic E-state index is 12.7. The Labute approximate surface area is 117 Å². The van der Waals surface area contributed by atoms with Crippen LogP contribution in [0.3, 0.4) is 0 Å². The van der Waals surface area contributed by atoms with Crippen LogP contribution in [-0.4, -0.2) is 27.5 Å². The molecule has 0 amide bonds. The van der Waals surface area contributed by atoms with Gasteiger partial charge in [-0.3, -0.25) is 9.20 Å². The fraction of sp³-hybridized carbons (Fsp3) is 0.455. The van der Waals surface area contributed by atoms with E-state index in [4.69, 9.17) is 0 Å². The number of imidazole rings is 1. The molecule has 1 atom stereocenters. The Kier molecular flexibility index (Phi) is 3.79. The molecule has 1 unspecified atom stereocenters. The lowest BCUT2D eigenvalue weighted by Crippen LogP contribution is -2.19. The van der Waals surface area contributed by atoms with Crippen molar-refractivity contribution in [3.63, 3.8) is 0 Å². The number of nitrogens with zero attached hydrogens (tertiary/aromatic N) is 2. The van der Waals surface area contributed by atoms with Gasteiger partial charge in [0.1, 0.15) is 11.8 Å². The van der Waals surface area contributed by atoms with Gasteiger partial charge in [-0.1, -0.05) is 0 Å². The second kappa shape index (κ2) is 5.10. The third kappa shape index (κ3) is 2.40. The van der Waals surface area contributed by atoms with Gasteiger partial charge in [-0.05, 0) is 13.0 Å². The predicted octanol–water partition coefficient (Wildman–Crippen LogP) is 1.54. The van der Waals surface area contributed by atoms with Crippen molar-refractivity contribution in [1.29, 1.82) is 0 Å². The predicted molar refractivity (Wildman–Crippen MR) is 68.3 cm³/mol. The van der Waals surface area contributed by atoms with Crippen molar-refractivity contribution < 1.29 is 13.2 Å². The van der Waals surface area contributed by atoms with Gasteiger partial charge in [0.05, 0.1) is 0 Å². The number of aromatic amines is 1. The first-order valence-corrected chi connectivity index (χ1v) is 5.84. The van der Waals surface area contributed by atoms with E-state index in [0.717, 1.165) is 23.7 Å². The Bertz CT molecular complexity index is 672. The summed E-state index contributed by atoms with van der Waals surface area (Å²) in [6.45, 7) is 1.55. The molecule has 1 fully saturated rings. The summed E-state index contributed by atoms with van der Waals surface area (Å²) in [4.78, 5) is 17.7. The molecule has 9 heteroatoms. The van der Waals surface area contributed by atoms with Crippen LogP contribution in [0.2, 0.25) is 0 Å². The topological polar surface area (TPSA) is 62.2 Å². The second-order valence-corrected chi connectivity index (χ2v) is 4.58. The molecule has 0 aliphatic carbocycles. The van der Waals surface area contributed by atoms with Crippen molar-refractivity contribution >= 4 is 17.9 Å². The molecular formula is C11H12ClF3N4O. The van der Waals surface area contributed by atoms with Gasteiger partial charge < -0.3 is 10.3 Å². The van der Waals surface area contributed by atoms with Gasteiger partial charge in [-0.25, -0.2) is 4.98 Å². The Morgan fingerprint density at radius 2 is 2.15 bits per heavy atom. The molecule has 3 rings (SSSR count). The van der Waals surface area contributed by atoms with E-state index in [0.29, 0.717) is 12.2 Å². The average molecular weight is 309 g/mol. The molecule has 1 saturated heterocycles. The van der Waals surface area contributed by atoms with Gasteiger partial charge >= 0.3 is 6.18 Å². The fourth-order valence-electron chi connectivity index (χ4n) is 2.39. The van der Waals surface area contributed by atoms with Crippen molar-refractivity contribution in [1.82, 2.24) is 19.7 Å². The highest BCUT2D eigenvalue weighted by atomic mass is 35.5. The summed E-state index contributed by atoms with van der Waals surface area (Å²) in [5, 5.41) is 3.14. The van der Waals surface area contributed by atoms with Gasteiger partial charge in [0.25, 0.3) is 5.56 Å². The van der Waals surface area contributed by atoms with Crippen LogP contribution >= 0.6 is 12.4 Å². The Morgan fingerprint density at radius 3 is 2.75 bits per heavy atom. The van der Waals surface area contributed by atoms with Crippen LogP contribution in [0.25, 0.3) is 5.52 Å². The molecule has 1 aliphatic heterocycles. The number of fused-ring (bicyclic) bond motifs is 1. The zero-order chi connectivity index (χ0) is 13.6. The van der Waals surface area contributed by atoms with E-state index in [-0.39, 0.29) is 18.3 Å². The Balaban J connectivity index is 0.00000147. The molecule has 2 aromatic rings. The van der Waals surface area contributed by atoms with Crippen LogP contribution < -0.4 is 10.9 Å². The summed E-state index contributed by atoms with van der Waals surface area (Å²) >= 11 is 0. The standard InChI is InChI=1S/C11H11F3N4O.ClH/c12-11(13,14)9-8-10(19)17-7(4-18(8)5-16-9)6-1-2-15-3-6;/h4-6,15H,1-3H2,(H,17,19);1H. The van der Waals surface area contributed by atoms with Crippen molar-refractivity contribution in [3.05, 3.63) is 34.3 Å². The van der Waals surface area contributed by atoms with E-state index >= 15 is 0 Å². The lowest BCUT2D eigenvalue weighted by atomic mass is 10.1.